The average Bonchev–Trinajstić information content (AvgIpc) is 2.77. The number of carboxylic acid groups (broad SMARTS) is 2. The van der Waals surface area contributed by atoms with Gasteiger partial charge in [-0.05, 0) is 36.2 Å². The van der Waals surface area contributed by atoms with Gasteiger partial charge in [-0.25, -0.2) is 9.59 Å². The average molecular weight is 427 g/mol. The van der Waals surface area contributed by atoms with Gasteiger partial charge >= 0.3 is 11.9 Å². The summed E-state index contributed by atoms with van der Waals surface area (Å²) in [5, 5.41) is 14.8. The summed E-state index contributed by atoms with van der Waals surface area (Å²) in [7, 11) is 0. The van der Waals surface area contributed by atoms with Crippen molar-refractivity contribution in [3.05, 3.63) is 85.5 Å². The Balaban J connectivity index is 0.000000703. The van der Waals surface area contributed by atoms with Crippen molar-refractivity contribution in [1.82, 2.24) is 4.90 Å². The molecule has 0 fully saturated rings. The summed E-state index contributed by atoms with van der Waals surface area (Å²) in [4.78, 5) is 20.5. The van der Waals surface area contributed by atoms with Crippen LogP contribution in [-0.2, 0) is 16.2 Å². The van der Waals surface area contributed by atoms with E-state index in [9.17, 15) is 0 Å². The highest BCUT2D eigenvalue weighted by atomic mass is 16.5. The van der Waals surface area contributed by atoms with Crippen LogP contribution in [0.15, 0.2) is 79.9 Å². The lowest BCUT2D eigenvalue weighted by atomic mass is 10.2. The lowest BCUT2D eigenvalue weighted by Crippen LogP contribution is -2.26. The summed E-state index contributed by atoms with van der Waals surface area (Å²) in [6, 6.07) is 17.9. The highest BCUT2D eigenvalue weighted by Crippen LogP contribution is 2.18. The van der Waals surface area contributed by atoms with Crippen molar-refractivity contribution in [2.45, 2.75) is 13.0 Å². The molecule has 0 radical (unpaired) electrons. The van der Waals surface area contributed by atoms with E-state index in [0.29, 0.717) is 13.2 Å². The second-order valence-corrected chi connectivity index (χ2v) is 6.39. The molecule has 0 aliphatic carbocycles. The predicted molar refractivity (Wildman–Crippen MR) is 119 cm³/mol. The molecule has 166 valence electrons. The van der Waals surface area contributed by atoms with E-state index in [-0.39, 0.29) is 0 Å². The van der Waals surface area contributed by atoms with E-state index in [4.69, 9.17) is 29.3 Å². The van der Waals surface area contributed by atoms with Gasteiger partial charge < -0.3 is 19.7 Å². The molecule has 0 amide bonds. The van der Waals surface area contributed by atoms with Gasteiger partial charge in [0.15, 0.2) is 0 Å². The molecule has 2 aromatic carbocycles. The molecule has 0 unspecified atom stereocenters. The van der Waals surface area contributed by atoms with Crippen LogP contribution in [-0.4, -0.2) is 53.3 Å². The van der Waals surface area contributed by atoms with Gasteiger partial charge in [-0.3, -0.25) is 4.90 Å². The van der Waals surface area contributed by atoms with Crippen LogP contribution >= 0.6 is 0 Å². The molecule has 0 bridgehead atoms. The topological polar surface area (TPSA) is 96.3 Å². The normalized spacial score (nSPS) is 9.84. The van der Waals surface area contributed by atoms with Crippen molar-refractivity contribution >= 4 is 11.9 Å². The standard InChI is InChI=1S/C22H27NO2.C2H2O4/c1-3-15-23(16-4-2)17-8-18-24-21-11-13-22(14-12-21)25-19-20-9-6-5-7-10-20;3-1(4)2(5)6/h3-7,9-14H,1-2,8,15-19H2;(H,3,4)(H,5,6). The molecule has 2 rings (SSSR count). The molecule has 0 heterocycles. The first-order valence-corrected chi connectivity index (χ1v) is 9.76. The van der Waals surface area contributed by atoms with Crippen LogP contribution in [0.3, 0.4) is 0 Å². The molecule has 0 spiro atoms. The Morgan fingerprint density at radius 3 is 1.84 bits per heavy atom. The van der Waals surface area contributed by atoms with E-state index in [1.165, 1.54) is 0 Å². The van der Waals surface area contributed by atoms with Crippen LogP contribution in [0.4, 0.5) is 0 Å². The summed E-state index contributed by atoms with van der Waals surface area (Å²) >= 11 is 0. The smallest absolute Gasteiger partial charge is 0.414 e. The molecule has 0 atom stereocenters. The molecule has 31 heavy (non-hydrogen) atoms. The Morgan fingerprint density at radius 1 is 0.839 bits per heavy atom. The maximum Gasteiger partial charge on any atom is 0.414 e. The number of nitrogens with zero attached hydrogens (tertiary/aromatic N) is 1. The molecular formula is C24H29NO6. The fourth-order valence-electron chi connectivity index (χ4n) is 2.47. The maximum atomic E-state index is 9.10. The van der Waals surface area contributed by atoms with Crippen LogP contribution in [0.2, 0.25) is 0 Å². The van der Waals surface area contributed by atoms with E-state index < -0.39 is 11.9 Å². The van der Waals surface area contributed by atoms with Gasteiger partial charge in [0.2, 0.25) is 0 Å². The lowest BCUT2D eigenvalue weighted by molar-refractivity contribution is -0.159. The third-order valence-electron chi connectivity index (χ3n) is 3.92. The first-order valence-electron chi connectivity index (χ1n) is 9.76. The molecule has 7 heteroatoms. The predicted octanol–water partition coefficient (Wildman–Crippen LogP) is 3.86. The Hall–Kier alpha value is -3.58. The number of rotatable bonds is 12. The van der Waals surface area contributed by atoms with Gasteiger partial charge in [0.05, 0.1) is 6.61 Å². The first kappa shape index (κ1) is 25.5. The Kier molecular flexibility index (Phi) is 12.6. The largest absolute Gasteiger partial charge is 0.494 e. The summed E-state index contributed by atoms with van der Waals surface area (Å²) in [5.74, 6) is -1.93. The van der Waals surface area contributed by atoms with Gasteiger partial charge in [-0.2, -0.15) is 0 Å². The summed E-state index contributed by atoms with van der Waals surface area (Å²) < 4.78 is 11.6. The summed E-state index contributed by atoms with van der Waals surface area (Å²) in [5.41, 5.74) is 1.16. The van der Waals surface area contributed by atoms with Gasteiger partial charge in [-0.15, -0.1) is 13.2 Å². The Bertz CT molecular complexity index is 783. The molecule has 2 aromatic rings. The fourth-order valence-corrected chi connectivity index (χ4v) is 2.47. The number of ether oxygens (including phenoxy) is 2. The van der Waals surface area contributed by atoms with Crippen LogP contribution in [0.25, 0.3) is 0 Å². The molecular weight excluding hydrogens is 398 g/mol. The number of hydrogen-bond donors (Lipinski definition) is 2. The monoisotopic (exact) mass is 427 g/mol. The second-order valence-electron chi connectivity index (χ2n) is 6.39. The molecule has 0 aliphatic heterocycles. The minimum atomic E-state index is -1.82. The van der Waals surface area contributed by atoms with Gasteiger partial charge in [0.1, 0.15) is 18.1 Å². The molecule has 2 N–H and O–H groups in total. The van der Waals surface area contributed by atoms with Crippen molar-refractivity contribution in [2.24, 2.45) is 0 Å². The molecule has 0 saturated carbocycles. The Labute approximate surface area is 182 Å². The number of carbonyl (C=O) groups is 2. The van der Waals surface area contributed by atoms with E-state index in [1.54, 1.807) is 0 Å². The molecule has 0 aliphatic rings. The highest BCUT2D eigenvalue weighted by Gasteiger charge is 2.04. The van der Waals surface area contributed by atoms with Crippen molar-refractivity contribution in [3.63, 3.8) is 0 Å². The van der Waals surface area contributed by atoms with E-state index >= 15 is 0 Å². The van der Waals surface area contributed by atoms with Crippen LogP contribution in [0, 0.1) is 0 Å². The zero-order valence-corrected chi connectivity index (χ0v) is 17.5. The third kappa shape index (κ3) is 11.9. The fraction of sp³-hybridized carbons (Fsp3) is 0.250. The van der Waals surface area contributed by atoms with Gasteiger partial charge in [0, 0.05) is 19.6 Å². The van der Waals surface area contributed by atoms with E-state index in [0.717, 1.165) is 43.1 Å². The second kappa shape index (κ2) is 15.3. The SMILES string of the molecule is C=CCN(CC=C)CCCOc1ccc(OCc2ccccc2)cc1.O=C(O)C(=O)O. The Morgan fingerprint density at radius 2 is 1.35 bits per heavy atom. The van der Waals surface area contributed by atoms with Crippen molar-refractivity contribution in [3.8, 4) is 11.5 Å². The van der Waals surface area contributed by atoms with E-state index in [2.05, 4.69) is 30.2 Å². The maximum absolute atomic E-state index is 9.10. The van der Waals surface area contributed by atoms with Gasteiger partial charge in [0.25, 0.3) is 0 Å². The van der Waals surface area contributed by atoms with Gasteiger partial charge in [-0.1, -0.05) is 42.5 Å². The van der Waals surface area contributed by atoms with Crippen molar-refractivity contribution in [2.75, 3.05) is 26.2 Å². The molecule has 0 saturated heterocycles. The minimum Gasteiger partial charge on any atom is -0.494 e. The summed E-state index contributed by atoms with van der Waals surface area (Å²) in [6.07, 6.45) is 4.80. The number of carboxylic acids is 2. The van der Waals surface area contributed by atoms with Crippen LogP contribution in [0.1, 0.15) is 12.0 Å². The zero-order chi connectivity index (χ0) is 22.9. The first-order chi connectivity index (χ1) is 15.0. The molecule has 0 aromatic heterocycles. The van der Waals surface area contributed by atoms with E-state index in [1.807, 2.05) is 54.6 Å². The molecule has 7 nitrogen and oxygen atoms in total. The lowest BCUT2D eigenvalue weighted by Gasteiger charge is -2.18. The highest BCUT2D eigenvalue weighted by molar-refractivity contribution is 6.27. The zero-order valence-electron chi connectivity index (χ0n) is 17.5. The third-order valence-corrected chi connectivity index (χ3v) is 3.92. The number of aliphatic carboxylic acids is 2. The van der Waals surface area contributed by atoms with Crippen LogP contribution < -0.4 is 9.47 Å². The quantitative estimate of drug-likeness (QED) is 0.302. The van der Waals surface area contributed by atoms with Crippen LogP contribution in [0.5, 0.6) is 11.5 Å². The number of hydrogen-bond acceptors (Lipinski definition) is 5. The number of benzene rings is 2. The summed E-state index contributed by atoms with van der Waals surface area (Å²) in [6.45, 7) is 11.5. The van der Waals surface area contributed by atoms with Crippen molar-refractivity contribution in [1.29, 1.82) is 0 Å². The minimum absolute atomic E-state index is 0.573. The van der Waals surface area contributed by atoms with Crippen molar-refractivity contribution < 1.29 is 29.3 Å².